The minimum absolute atomic E-state index is 0.161. The predicted molar refractivity (Wildman–Crippen MR) is 89.6 cm³/mol. The summed E-state index contributed by atoms with van der Waals surface area (Å²) >= 11 is 0. The van der Waals surface area contributed by atoms with E-state index >= 15 is 0 Å². The molecule has 0 saturated heterocycles. The third-order valence-corrected chi connectivity index (χ3v) is 4.69. The number of likely N-dealkylation sites (N-methyl/N-ethyl adjacent to an activating group) is 1. The lowest BCUT2D eigenvalue weighted by Gasteiger charge is -2.39. The molecule has 1 aliphatic rings. The van der Waals surface area contributed by atoms with Crippen molar-refractivity contribution in [1.82, 2.24) is 9.88 Å². The average Bonchev–Trinajstić information content (AvgIpc) is 2.86. The Balaban J connectivity index is 2.02. The topological polar surface area (TPSA) is 29.3 Å². The molecule has 3 nitrogen and oxygen atoms in total. The Morgan fingerprint density at radius 2 is 2.05 bits per heavy atom. The number of rotatable bonds is 1. The van der Waals surface area contributed by atoms with Gasteiger partial charge >= 0.3 is 0 Å². The lowest BCUT2D eigenvalue weighted by molar-refractivity contribution is 0.261. The summed E-state index contributed by atoms with van der Waals surface area (Å²) in [5.74, 6) is 0. The number of pyridine rings is 1. The van der Waals surface area contributed by atoms with Crippen molar-refractivity contribution in [2.75, 3.05) is 7.05 Å². The van der Waals surface area contributed by atoms with Gasteiger partial charge in [-0.15, -0.1) is 0 Å². The summed E-state index contributed by atoms with van der Waals surface area (Å²) in [4.78, 5) is 6.72. The Hall–Kier alpha value is -2.55. The van der Waals surface area contributed by atoms with Crippen molar-refractivity contribution >= 4 is 22.1 Å². The van der Waals surface area contributed by atoms with E-state index in [0.717, 1.165) is 22.1 Å². The van der Waals surface area contributed by atoms with E-state index in [2.05, 4.69) is 67.3 Å². The Kier molecular flexibility index (Phi) is 2.67. The minimum Gasteiger partial charge on any atom is -0.454 e. The lowest BCUT2D eigenvalue weighted by Crippen LogP contribution is -2.37. The highest BCUT2D eigenvalue weighted by Crippen LogP contribution is 2.37. The third kappa shape index (κ3) is 1.72. The highest BCUT2D eigenvalue weighted by Gasteiger charge is 2.30. The normalized spacial score (nSPS) is 21.1. The molecule has 0 radical (unpaired) electrons. The summed E-state index contributed by atoms with van der Waals surface area (Å²) in [6, 6.07) is 8.22. The molecule has 22 heavy (non-hydrogen) atoms. The summed E-state index contributed by atoms with van der Waals surface area (Å²) in [5, 5.41) is 1.08. The van der Waals surface area contributed by atoms with Crippen LogP contribution in [-0.2, 0) is 5.54 Å². The first kappa shape index (κ1) is 13.1. The van der Waals surface area contributed by atoms with Crippen LogP contribution < -0.4 is 0 Å². The number of benzene rings is 1. The van der Waals surface area contributed by atoms with Crippen molar-refractivity contribution in [2.45, 2.75) is 19.4 Å². The maximum atomic E-state index is 5.93. The standard InChI is InChI=1S/C19H18N2O/c1-13-11-17-14(18-16(22-17)7-6-9-20-18)12-15(13)19(2)8-4-5-10-21(19)3/h4-12H,1-3H3. The molecule has 0 amide bonds. The van der Waals surface area contributed by atoms with Gasteiger partial charge in [0.25, 0.3) is 0 Å². The molecule has 0 N–H and O–H groups in total. The van der Waals surface area contributed by atoms with Gasteiger partial charge in [-0.05, 0) is 61.5 Å². The van der Waals surface area contributed by atoms with Gasteiger partial charge in [-0.3, -0.25) is 4.98 Å². The van der Waals surface area contributed by atoms with Gasteiger partial charge in [0.05, 0.1) is 5.54 Å². The fourth-order valence-electron chi connectivity index (χ4n) is 3.26. The van der Waals surface area contributed by atoms with Crippen LogP contribution in [0.5, 0.6) is 0 Å². The number of aromatic nitrogens is 1. The van der Waals surface area contributed by atoms with Crippen molar-refractivity contribution in [1.29, 1.82) is 0 Å². The van der Waals surface area contributed by atoms with E-state index in [1.807, 2.05) is 18.3 Å². The van der Waals surface area contributed by atoms with Crippen molar-refractivity contribution in [3.05, 3.63) is 66.0 Å². The zero-order valence-corrected chi connectivity index (χ0v) is 13.0. The molecule has 3 heteroatoms. The molecule has 2 aromatic heterocycles. The van der Waals surface area contributed by atoms with Crippen LogP contribution in [0.3, 0.4) is 0 Å². The molecule has 0 bridgehead atoms. The molecule has 110 valence electrons. The molecule has 1 unspecified atom stereocenters. The molecular formula is C19H18N2O. The first-order valence-electron chi connectivity index (χ1n) is 7.47. The molecule has 0 saturated carbocycles. The first-order valence-corrected chi connectivity index (χ1v) is 7.47. The number of nitrogens with zero attached hydrogens (tertiary/aromatic N) is 2. The van der Waals surface area contributed by atoms with Gasteiger partial charge < -0.3 is 9.32 Å². The van der Waals surface area contributed by atoms with Crippen LogP contribution in [0.1, 0.15) is 18.1 Å². The van der Waals surface area contributed by atoms with Gasteiger partial charge in [0.2, 0.25) is 0 Å². The van der Waals surface area contributed by atoms with E-state index in [1.165, 1.54) is 11.1 Å². The second-order valence-corrected chi connectivity index (χ2v) is 6.07. The van der Waals surface area contributed by atoms with Gasteiger partial charge in [0.1, 0.15) is 11.1 Å². The summed E-state index contributed by atoms with van der Waals surface area (Å²) in [5.41, 5.74) is 5.01. The summed E-state index contributed by atoms with van der Waals surface area (Å²) < 4.78 is 5.93. The molecular weight excluding hydrogens is 272 g/mol. The van der Waals surface area contributed by atoms with Crippen molar-refractivity contribution < 1.29 is 4.42 Å². The molecule has 3 aromatic rings. The highest BCUT2D eigenvalue weighted by atomic mass is 16.3. The molecule has 0 aliphatic carbocycles. The molecule has 3 heterocycles. The number of fused-ring (bicyclic) bond motifs is 3. The fourth-order valence-corrected chi connectivity index (χ4v) is 3.26. The van der Waals surface area contributed by atoms with E-state index in [-0.39, 0.29) is 5.54 Å². The largest absolute Gasteiger partial charge is 0.454 e. The summed E-state index contributed by atoms with van der Waals surface area (Å²) in [6.07, 6.45) is 10.3. The van der Waals surface area contributed by atoms with Crippen LogP contribution >= 0.6 is 0 Å². The number of furan rings is 1. The minimum atomic E-state index is -0.161. The maximum Gasteiger partial charge on any atom is 0.153 e. The van der Waals surface area contributed by atoms with Gasteiger partial charge in [0, 0.05) is 18.6 Å². The van der Waals surface area contributed by atoms with Crippen LogP contribution in [0.2, 0.25) is 0 Å². The molecule has 1 atom stereocenters. The van der Waals surface area contributed by atoms with Crippen molar-refractivity contribution in [3.8, 4) is 0 Å². The number of hydrogen-bond acceptors (Lipinski definition) is 3. The zero-order chi connectivity index (χ0) is 15.3. The molecule has 1 aromatic carbocycles. The van der Waals surface area contributed by atoms with Gasteiger partial charge in [-0.1, -0.05) is 12.2 Å². The van der Waals surface area contributed by atoms with E-state index in [9.17, 15) is 0 Å². The smallest absolute Gasteiger partial charge is 0.153 e. The second-order valence-electron chi connectivity index (χ2n) is 6.07. The number of hydrogen-bond donors (Lipinski definition) is 0. The van der Waals surface area contributed by atoms with E-state index in [4.69, 9.17) is 4.42 Å². The summed E-state index contributed by atoms with van der Waals surface area (Å²) in [6.45, 7) is 4.37. The first-order chi connectivity index (χ1) is 10.6. The van der Waals surface area contributed by atoms with Crippen LogP contribution in [0.15, 0.2) is 59.3 Å². The van der Waals surface area contributed by atoms with E-state index in [0.29, 0.717) is 0 Å². The number of aryl methyl sites for hydroxylation is 1. The second kappa shape index (κ2) is 4.47. The predicted octanol–water partition coefficient (Wildman–Crippen LogP) is 4.52. The monoisotopic (exact) mass is 290 g/mol. The summed E-state index contributed by atoms with van der Waals surface area (Å²) in [7, 11) is 2.11. The maximum absolute atomic E-state index is 5.93. The molecule has 4 rings (SSSR count). The number of allylic oxidation sites excluding steroid dienone is 2. The van der Waals surface area contributed by atoms with Crippen LogP contribution in [0.4, 0.5) is 0 Å². The van der Waals surface area contributed by atoms with Crippen molar-refractivity contribution in [2.24, 2.45) is 0 Å². The van der Waals surface area contributed by atoms with E-state index in [1.54, 1.807) is 0 Å². The van der Waals surface area contributed by atoms with Crippen LogP contribution in [0, 0.1) is 6.92 Å². The highest BCUT2D eigenvalue weighted by molar-refractivity contribution is 6.02. The Morgan fingerprint density at radius 1 is 1.18 bits per heavy atom. The Morgan fingerprint density at radius 3 is 2.86 bits per heavy atom. The average molecular weight is 290 g/mol. The fraction of sp³-hybridized carbons (Fsp3) is 0.211. The van der Waals surface area contributed by atoms with Gasteiger partial charge in [0.15, 0.2) is 5.58 Å². The van der Waals surface area contributed by atoms with Crippen LogP contribution in [-0.4, -0.2) is 16.9 Å². The Labute approximate surface area is 129 Å². The third-order valence-electron chi connectivity index (χ3n) is 4.69. The SMILES string of the molecule is Cc1cc2oc3cccnc3c2cc1C1(C)C=CC=CN1C. The quantitative estimate of drug-likeness (QED) is 0.660. The molecule has 0 spiro atoms. The molecule has 1 aliphatic heterocycles. The lowest BCUT2D eigenvalue weighted by atomic mass is 9.85. The Bertz CT molecular complexity index is 935. The van der Waals surface area contributed by atoms with Crippen molar-refractivity contribution in [3.63, 3.8) is 0 Å². The van der Waals surface area contributed by atoms with Gasteiger partial charge in [-0.2, -0.15) is 0 Å². The van der Waals surface area contributed by atoms with E-state index < -0.39 is 0 Å². The zero-order valence-electron chi connectivity index (χ0n) is 13.0. The van der Waals surface area contributed by atoms with Crippen LogP contribution in [0.25, 0.3) is 22.1 Å². The van der Waals surface area contributed by atoms with Gasteiger partial charge in [-0.25, -0.2) is 0 Å². The molecule has 0 fully saturated rings.